The molecule has 166 valence electrons. The van der Waals surface area contributed by atoms with Crippen molar-refractivity contribution in [1.82, 2.24) is 14.5 Å². The fourth-order valence-corrected chi connectivity index (χ4v) is 6.06. The number of nitrogens with zero attached hydrogens (tertiary/aromatic N) is 3. The molecular formula is C21H19FN4O4S2. The van der Waals surface area contributed by atoms with Gasteiger partial charge >= 0.3 is 0 Å². The van der Waals surface area contributed by atoms with Gasteiger partial charge in [0.15, 0.2) is 5.78 Å². The van der Waals surface area contributed by atoms with E-state index in [-0.39, 0.29) is 15.7 Å². The Morgan fingerprint density at radius 2 is 1.78 bits per heavy atom. The standard InChI is InChI=1S/C21H19FN4O4S2/c1-13(27)14-4-10-17(11-5-14)32(29,30)26-12-2-3-18(26)20-24-25-21(31-20)19(28)23-16-8-6-15(22)7-9-16/h4-11,18H,2-3,12H2,1H3,(H,23,28). The van der Waals surface area contributed by atoms with E-state index in [0.717, 1.165) is 11.3 Å². The summed E-state index contributed by atoms with van der Waals surface area (Å²) in [6, 6.07) is 10.6. The monoisotopic (exact) mass is 474 g/mol. The van der Waals surface area contributed by atoms with Crippen LogP contribution < -0.4 is 5.32 Å². The van der Waals surface area contributed by atoms with Crippen LogP contribution in [0.15, 0.2) is 53.4 Å². The highest BCUT2D eigenvalue weighted by atomic mass is 32.2. The highest BCUT2D eigenvalue weighted by Gasteiger charge is 2.38. The fourth-order valence-electron chi connectivity index (χ4n) is 3.45. The van der Waals surface area contributed by atoms with E-state index in [4.69, 9.17) is 0 Å². The van der Waals surface area contributed by atoms with Gasteiger partial charge in [0.2, 0.25) is 15.0 Å². The molecule has 11 heteroatoms. The highest BCUT2D eigenvalue weighted by molar-refractivity contribution is 7.89. The molecule has 1 aliphatic heterocycles. The maximum absolute atomic E-state index is 13.2. The van der Waals surface area contributed by atoms with Crippen LogP contribution in [-0.4, -0.2) is 41.2 Å². The number of carbonyl (C=O) groups excluding carboxylic acids is 2. The first-order valence-electron chi connectivity index (χ1n) is 9.79. The van der Waals surface area contributed by atoms with E-state index in [0.29, 0.717) is 35.6 Å². The van der Waals surface area contributed by atoms with Gasteiger partial charge in [-0.15, -0.1) is 10.2 Å². The molecule has 0 saturated carbocycles. The van der Waals surface area contributed by atoms with E-state index in [9.17, 15) is 22.4 Å². The Morgan fingerprint density at radius 3 is 2.44 bits per heavy atom. The highest BCUT2D eigenvalue weighted by Crippen LogP contribution is 2.37. The number of amides is 1. The normalized spacial score (nSPS) is 16.8. The number of nitrogens with one attached hydrogen (secondary N) is 1. The number of sulfonamides is 1. The molecule has 0 bridgehead atoms. The van der Waals surface area contributed by atoms with Gasteiger partial charge in [-0.1, -0.05) is 23.5 Å². The van der Waals surface area contributed by atoms with Gasteiger partial charge in [-0.05, 0) is 56.2 Å². The third kappa shape index (κ3) is 4.45. The summed E-state index contributed by atoms with van der Waals surface area (Å²) >= 11 is 1.02. The Morgan fingerprint density at radius 1 is 1.09 bits per heavy atom. The van der Waals surface area contributed by atoms with Crippen molar-refractivity contribution in [3.05, 3.63) is 69.9 Å². The quantitative estimate of drug-likeness (QED) is 0.546. The number of hydrogen-bond acceptors (Lipinski definition) is 7. The lowest BCUT2D eigenvalue weighted by Crippen LogP contribution is -2.30. The van der Waals surface area contributed by atoms with Crippen molar-refractivity contribution in [2.45, 2.75) is 30.7 Å². The zero-order chi connectivity index (χ0) is 22.9. The van der Waals surface area contributed by atoms with Crippen LogP contribution in [0.5, 0.6) is 0 Å². The Balaban J connectivity index is 1.53. The molecule has 1 saturated heterocycles. The Labute approximate surface area is 188 Å². The molecule has 4 rings (SSSR count). The van der Waals surface area contributed by atoms with E-state index in [1.54, 1.807) is 0 Å². The van der Waals surface area contributed by atoms with Gasteiger partial charge in [0.1, 0.15) is 10.8 Å². The molecule has 1 aliphatic rings. The van der Waals surface area contributed by atoms with E-state index in [1.807, 2.05) is 0 Å². The second kappa shape index (κ2) is 8.85. The molecule has 8 nitrogen and oxygen atoms in total. The summed E-state index contributed by atoms with van der Waals surface area (Å²) in [6.07, 6.45) is 1.20. The molecule has 0 aliphatic carbocycles. The first-order chi connectivity index (χ1) is 15.3. The lowest BCUT2D eigenvalue weighted by atomic mass is 10.2. The smallest absolute Gasteiger partial charge is 0.286 e. The number of ketones is 1. The van der Waals surface area contributed by atoms with Crippen molar-refractivity contribution in [2.24, 2.45) is 0 Å². The van der Waals surface area contributed by atoms with Gasteiger partial charge in [-0.3, -0.25) is 9.59 Å². The van der Waals surface area contributed by atoms with Crippen molar-refractivity contribution >= 4 is 38.7 Å². The van der Waals surface area contributed by atoms with Gasteiger partial charge in [-0.2, -0.15) is 4.31 Å². The van der Waals surface area contributed by atoms with Crippen LogP contribution in [0.1, 0.15) is 51.0 Å². The van der Waals surface area contributed by atoms with Crippen molar-refractivity contribution in [1.29, 1.82) is 0 Å². The number of halogens is 1. The van der Waals surface area contributed by atoms with Gasteiger partial charge in [0, 0.05) is 17.8 Å². The maximum Gasteiger partial charge on any atom is 0.286 e. The average molecular weight is 475 g/mol. The van der Waals surface area contributed by atoms with Crippen LogP contribution >= 0.6 is 11.3 Å². The van der Waals surface area contributed by atoms with E-state index in [1.165, 1.54) is 59.8 Å². The summed E-state index contributed by atoms with van der Waals surface area (Å²) in [5, 5.41) is 11.1. The third-order valence-electron chi connectivity index (χ3n) is 5.09. The summed E-state index contributed by atoms with van der Waals surface area (Å²) in [7, 11) is -3.82. The third-order valence-corrected chi connectivity index (χ3v) is 8.04. The van der Waals surface area contributed by atoms with Crippen LogP contribution in [0.3, 0.4) is 0 Å². The average Bonchev–Trinajstić information content (AvgIpc) is 3.45. The van der Waals surface area contributed by atoms with E-state index in [2.05, 4.69) is 15.5 Å². The minimum Gasteiger partial charge on any atom is -0.320 e. The second-order valence-corrected chi connectivity index (χ2v) is 10.2. The van der Waals surface area contributed by atoms with Crippen molar-refractivity contribution < 1.29 is 22.4 Å². The molecule has 1 unspecified atom stereocenters. The molecule has 1 atom stereocenters. The number of anilines is 1. The molecule has 0 radical (unpaired) electrons. The zero-order valence-corrected chi connectivity index (χ0v) is 18.6. The molecule has 2 aromatic carbocycles. The van der Waals surface area contributed by atoms with Crippen molar-refractivity contribution in [3.63, 3.8) is 0 Å². The molecule has 1 N–H and O–H groups in total. The lowest BCUT2D eigenvalue weighted by Gasteiger charge is -2.22. The molecule has 1 aromatic heterocycles. The topological polar surface area (TPSA) is 109 Å². The Kier molecular flexibility index (Phi) is 6.13. The van der Waals surface area contributed by atoms with Crippen LogP contribution in [0.2, 0.25) is 0 Å². The fraction of sp³-hybridized carbons (Fsp3) is 0.238. The Hall–Kier alpha value is -3.02. The molecule has 32 heavy (non-hydrogen) atoms. The zero-order valence-electron chi connectivity index (χ0n) is 17.0. The minimum absolute atomic E-state index is 0.0828. The minimum atomic E-state index is -3.82. The summed E-state index contributed by atoms with van der Waals surface area (Å²) < 4.78 is 40.8. The molecule has 3 aromatic rings. The van der Waals surface area contributed by atoms with Crippen molar-refractivity contribution in [2.75, 3.05) is 11.9 Å². The Bertz CT molecular complexity index is 1260. The van der Waals surface area contributed by atoms with Crippen LogP contribution in [0.4, 0.5) is 10.1 Å². The summed E-state index contributed by atoms with van der Waals surface area (Å²) in [5.74, 6) is -1.07. The van der Waals surface area contributed by atoms with Crippen LogP contribution in [0.25, 0.3) is 0 Å². The van der Waals surface area contributed by atoms with Gasteiger partial charge in [-0.25, -0.2) is 12.8 Å². The van der Waals surface area contributed by atoms with Gasteiger partial charge in [0.05, 0.1) is 10.9 Å². The number of carbonyl (C=O) groups is 2. The van der Waals surface area contributed by atoms with Crippen LogP contribution in [-0.2, 0) is 10.0 Å². The van der Waals surface area contributed by atoms with Gasteiger partial charge in [0.25, 0.3) is 5.91 Å². The summed E-state index contributed by atoms with van der Waals surface area (Å²) in [4.78, 5) is 24.0. The summed E-state index contributed by atoms with van der Waals surface area (Å²) in [5.41, 5.74) is 0.843. The SMILES string of the molecule is CC(=O)c1ccc(S(=O)(=O)N2CCCC2c2nnc(C(=O)Nc3ccc(F)cc3)s2)cc1. The largest absolute Gasteiger partial charge is 0.320 e. The maximum atomic E-state index is 13.2. The predicted octanol–water partition coefficient (Wildman–Crippen LogP) is 3.66. The number of benzene rings is 2. The molecular weight excluding hydrogens is 455 g/mol. The van der Waals surface area contributed by atoms with E-state index < -0.39 is 27.8 Å². The summed E-state index contributed by atoms with van der Waals surface area (Å²) in [6.45, 7) is 1.73. The first kappa shape index (κ1) is 22.2. The van der Waals surface area contributed by atoms with Crippen molar-refractivity contribution in [3.8, 4) is 0 Å². The number of aromatic nitrogens is 2. The molecule has 0 spiro atoms. The van der Waals surface area contributed by atoms with E-state index >= 15 is 0 Å². The van der Waals surface area contributed by atoms with Gasteiger partial charge < -0.3 is 5.32 Å². The van der Waals surface area contributed by atoms with Crippen LogP contribution in [0, 0.1) is 5.82 Å². The first-order valence-corrected chi connectivity index (χ1v) is 12.0. The molecule has 1 amide bonds. The lowest BCUT2D eigenvalue weighted by molar-refractivity contribution is 0.101. The predicted molar refractivity (Wildman–Crippen MR) is 117 cm³/mol. The number of hydrogen-bond donors (Lipinski definition) is 1. The number of Topliss-reactive ketones (excluding diaryl/α,β-unsaturated/α-hetero) is 1. The number of rotatable bonds is 6. The molecule has 2 heterocycles. The molecule has 1 fully saturated rings. The second-order valence-electron chi connectivity index (χ2n) is 7.26.